The molecule has 0 atom stereocenters. The fourth-order valence-electron chi connectivity index (χ4n) is 5.18. The summed E-state index contributed by atoms with van der Waals surface area (Å²) in [6.07, 6.45) is 3.14. The molecule has 0 bridgehead atoms. The molecule has 200 valence electrons. The molecule has 0 spiro atoms. The van der Waals surface area contributed by atoms with Crippen LogP contribution < -0.4 is 9.80 Å². The van der Waals surface area contributed by atoms with Gasteiger partial charge in [0.1, 0.15) is 5.82 Å². The van der Waals surface area contributed by atoms with Gasteiger partial charge in [-0.25, -0.2) is 9.78 Å². The van der Waals surface area contributed by atoms with Crippen LogP contribution in [-0.4, -0.2) is 37.6 Å². The molecule has 0 saturated heterocycles. The van der Waals surface area contributed by atoms with Gasteiger partial charge in [-0.2, -0.15) is 0 Å². The fraction of sp³-hybridized carbons (Fsp3) is 0.303. The minimum absolute atomic E-state index is 0.00589. The van der Waals surface area contributed by atoms with Gasteiger partial charge in [-0.05, 0) is 75.9 Å². The number of amides is 1. The van der Waals surface area contributed by atoms with Crippen molar-refractivity contribution in [2.24, 2.45) is 5.41 Å². The van der Waals surface area contributed by atoms with E-state index in [1.807, 2.05) is 12.1 Å². The smallest absolute Gasteiger partial charge is 0.337 e. The largest absolute Gasteiger partial charge is 0.465 e. The number of nitrogens with zero attached hydrogens (tertiary/aromatic N) is 3. The van der Waals surface area contributed by atoms with Crippen molar-refractivity contribution >= 4 is 34.2 Å². The average molecular weight is 522 g/mol. The molecule has 6 heteroatoms. The van der Waals surface area contributed by atoms with Gasteiger partial charge in [0.05, 0.1) is 19.2 Å². The number of hydrogen-bond acceptors (Lipinski definition) is 5. The van der Waals surface area contributed by atoms with Crippen LogP contribution >= 0.6 is 0 Å². The first-order valence-corrected chi connectivity index (χ1v) is 13.3. The Labute approximate surface area is 230 Å². The molecule has 6 nitrogen and oxygen atoms in total. The number of pyridine rings is 1. The van der Waals surface area contributed by atoms with E-state index in [0.29, 0.717) is 24.3 Å². The van der Waals surface area contributed by atoms with Crippen molar-refractivity contribution in [3.63, 3.8) is 0 Å². The summed E-state index contributed by atoms with van der Waals surface area (Å²) < 4.78 is 4.88. The minimum Gasteiger partial charge on any atom is -0.465 e. The maximum atomic E-state index is 13.7. The Morgan fingerprint density at radius 3 is 2.44 bits per heavy atom. The summed E-state index contributed by atoms with van der Waals surface area (Å²) in [5.74, 6) is 0.197. The molecule has 1 aliphatic rings. The van der Waals surface area contributed by atoms with Crippen molar-refractivity contribution in [1.82, 2.24) is 4.98 Å². The average Bonchev–Trinajstić information content (AvgIpc) is 3.29. The highest BCUT2D eigenvalue weighted by atomic mass is 16.5. The Morgan fingerprint density at radius 2 is 1.72 bits per heavy atom. The van der Waals surface area contributed by atoms with Crippen molar-refractivity contribution in [3.05, 3.63) is 89.6 Å². The summed E-state index contributed by atoms with van der Waals surface area (Å²) in [4.78, 5) is 34.4. The topological polar surface area (TPSA) is 62.7 Å². The number of aromatic nitrogens is 1. The third-order valence-electron chi connectivity index (χ3n) is 7.24. The zero-order valence-electron chi connectivity index (χ0n) is 23.3. The Hall–Kier alpha value is -4.19. The van der Waals surface area contributed by atoms with Gasteiger partial charge in [-0.1, -0.05) is 51.1 Å². The lowest BCUT2D eigenvalue weighted by molar-refractivity contribution is -0.120. The van der Waals surface area contributed by atoms with E-state index in [-0.39, 0.29) is 11.3 Å². The summed E-state index contributed by atoms with van der Waals surface area (Å²) in [5, 5.41) is 1.64. The Bertz CT molecular complexity index is 1540. The van der Waals surface area contributed by atoms with Gasteiger partial charge < -0.3 is 9.64 Å². The third-order valence-corrected chi connectivity index (χ3v) is 7.24. The van der Waals surface area contributed by atoms with E-state index in [1.54, 1.807) is 23.2 Å². The standard InChI is InChI=1S/C33H35N3O3/c1-33(2,3)20-30(37)36(31-28-12-10-27(32(38)39-5)19-25(28)14-16-34-31)21-22-6-8-23(9-7-22)24-11-13-29-26(18-24)15-17-35(29)4/h6-14,16,18-19H,15,17,20-21H2,1-5H3. The number of carbonyl (C=O) groups excluding carboxylic acids is 2. The minimum atomic E-state index is -0.397. The highest BCUT2D eigenvalue weighted by molar-refractivity contribution is 6.04. The van der Waals surface area contributed by atoms with Crippen LogP contribution in [0.5, 0.6) is 0 Å². The highest BCUT2D eigenvalue weighted by Gasteiger charge is 2.25. The molecule has 2 heterocycles. The summed E-state index contributed by atoms with van der Waals surface area (Å²) in [6, 6.07) is 22.3. The fourth-order valence-corrected chi connectivity index (χ4v) is 5.18. The Morgan fingerprint density at radius 1 is 0.974 bits per heavy atom. The summed E-state index contributed by atoms with van der Waals surface area (Å²) >= 11 is 0. The monoisotopic (exact) mass is 521 g/mol. The molecule has 0 unspecified atom stereocenters. The SMILES string of the molecule is COC(=O)c1ccc2c(N(Cc3ccc(-c4ccc5c(c4)CCN5C)cc3)C(=O)CC(C)(C)C)nccc2c1. The molecular weight excluding hydrogens is 486 g/mol. The second-order valence-electron chi connectivity index (χ2n) is 11.5. The van der Waals surface area contributed by atoms with Gasteiger partial charge in [-0.15, -0.1) is 0 Å². The van der Waals surface area contributed by atoms with Gasteiger partial charge in [0.25, 0.3) is 0 Å². The number of benzene rings is 3. The molecular formula is C33H35N3O3. The Kier molecular flexibility index (Phi) is 7.13. The van der Waals surface area contributed by atoms with E-state index in [4.69, 9.17) is 4.74 Å². The molecule has 5 rings (SSSR count). The number of ether oxygens (including phenoxy) is 1. The predicted octanol–water partition coefficient (Wildman–Crippen LogP) is 6.65. The lowest BCUT2D eigenvalue weighted by atomic mass is 9.91. The number of carbonyl (C=O) groups is 2. The molecule has 0 saturated carbocycles. The molecule has 0 fully saturated rings. The van der Waals surface area contributed by atoms with Gasteiger partial charge in [-0.3, -0.25) is 9.69 Å². The van der Waals surface area contributed by atoms with Gasteiger partial charge in [0.15, 0.2) is 0 Å². The third kappa shape index (κ3) is 5.65. The molecule has 0 N–H and O–H groups in total. The van der Waals surface area contributed by atoms with Gasteiger partial charge >= 0.3 is 5.97 Å². The number of hydrogen-bond donors (Lipinski definition) is 0. The second-order valence-corrected chi connectivity index (χ2v) is 11.5. The normalized spacial score (nSPS) is 12.9. The zero-order chi connectivity index (χ0) is 27.7. The molecule has 39 heavy (non-hydrogen) atoms. The quantitative estimate of drug-likeness (QED) is 0.266. The van der Waals surface area contributed by atoms with E-state index in [2.05, 4.69) is 80.2 Å². The number of methoxy groups -OCH3 is 1. The van der Waals surface area contributed by atoms with E-state index < -0.39 is 5.97 Å². The van der Waals surface area contributed by atoms with Crippen LogP contribution in [0.2, 0.25) is 0 Å². The maximum Gasteiger partial charge on any atom is 0.337 e. The number of anilines is 2. The van der Waals surface area contributed by atoms with E-state index in [0.717, 1.165) is 34.9 Å². The van der Waals surface area contributed by atoms with Crippen LogP contribution in [0.25, 0.3) is 21.9 Å². The molecule has 3 aromatic carbocycles. The van der Waals surface area contributed by atoms with Crippen LogP contribution in [0.15, 0.2) is 72.9 Å². The van der Waals surface area contributed by atoms with Crippen LogP contribution in [-0.2, 0) is 22.5 Å². The van der Waals surface area contributed by atoms with Crippen molar-refractivity contribution in [2.75, 3.05) is 30.5 Å². The van der Waals surface area contributed by atoms with Gasteiger partial charge in [0.2, 0.25) is 5.91 Å². The molecule has 1 aromatic heterocycles. The first-order valence-electron chi connectivity index (χ1n) is 13.3. The molecule has 0 radical (unpaired) electrons. The highest BCUT2D eigenvalue weighted by Crippen LogP contribution is 2.33. The molecule has 1 aliphatic heterocycles. The van der Waals surface area contributed by atoms with Crippen molar-refractivity contribution < 1.29 is 14.3 Å². The lowest BCUT2D eigenvalue weighted by Crippen LogP contribution is -2.34. The van der Waals surface area contributed by atoms with Crippen molar-refractivity contribution in [1.29, 1.82) is 0 Å². The second kappa shape index (κ2) is 10.5. The predicted molar refractivity (Wildman–Crippen MR) is 157 cm³/mol. The zero-order valence-corrected chi connectivity index (χ0v) is 23.3. The van der Waals surface area contributed by atoms with Crippen molar-refractivity contribution in [2.45, 2.75) is 40.2 Å². The summed E-state index contributed by atoms with van der Waals surface area (Å²) in [6.45, 7) is 7.64. The number of rotatable bonds is 6. The van der Waals surface area contributed by atoms with E-state index >= 15 is 0 Å². The van der Waals surface area contributed by atoms with Crippen LogP contribution in [0.3, 0.4) is 0 Å². The summed E-state index contributed by atoms with van der Waals surface area (Å²) in [5.41, 5.74) is 6.36. The number of fused-ring (bicyclic) bond motifs is 2. The van der Waals surface area contributed by atoms with Crippen LogP contribution in [0.1, 0.15) is 48.7 Å². The van der Waals surface area contributed by atoms with E-state index in [9.17, 15) is 9.59 Å². The number of likely N-dealkylation sites (N-methyl/N-ethyl adjacent to an activating group) is 1. The van der Waals surface area contributed by atoms with E-state index in [1.165, 1.54) is 23.9 Å². The first kappa shape index (κ1) is 26.4. The van der Waals surface area contributed by atoms with Gasteiger partial charge in [0, 0.05) is 37.3 Å². The van der Waals surface area contributed by atoms with Crippen LogP contribution in [0.4, 0.5) is 11.5 Å². The number of esters is 1. The Balaban J connectivity index is 1.47. The summed E-state index contributed by atoms with van der Waals surface area (Å²) in [7, 11) is 3.50. The first-order chi connectivity index (χ1) is 18.6. The maximum absolute atomic E-state index is 13.7. The molecule has 0 aliphatic carbocycles. The molecule has 1 amide bonds. The van der Waals surface area contributed by atoms with Crippen LogP contribution in [0, 0.1) is 5.41 Å². The lowest BCUT2D eigenvalue weighted by Gasteiger charge is -2.27. The molecule has 4 aromatic rings. The van der Waals surface area contributed by atoms with Crippen molar-refractivity contribution in [3.8, 4) is 11.1 Å².